The summed E-state index contributed by atoms with van der Waals surface area (Å²) >= 11 is 0. The lowest BCUT2D eigenvalue weighted by Crippen LogP contribution is -2.61. The lowest BCUT2D eigenvalue weighted by atomic mass is 9.88. The van der Waals surface area contributed by atoms with E-state index < -0.39 is 0 Å². The van der Waals surface area contributed by atoms with Gasteiger partial charge in [-0.25, -0.2) is 9.97 Å². The number of anilines is 3. The largest absolute Gasteiger partial charge is 0.483 e. The smallest absolute Gasteiger partial charge is 0.246 e. The molecule has 1 atom stereocenters. The minimum absolute atomic E-state index is 0.0417. The molecule has 0 spiro atoms. The van der Waals surface area contributed by atoms with Crippen LogP contribution in [-0.4, -0.2) is 84.2 Å². The Kier molecular flexibility index (Phi) is 6.73. The molecule has 6 rings (SSSR count). The fourth-order valence-electron chi connectivity index (χ4n) is 6.03. The summed E-state index contributed by atoms with van der Waals surface area (Å²) in [4.78, 5) is 27.8. The highest BCUT2D eigenvalue weighted by Gasteiger charge is 2.36. The highest BCUT2D eigenvalue weighted by Crippen LogP contribution is 2.44. The van der Waals surface area contributed by atoms with Crippen molar-refractivity contribution < 1.29 is 14.3 Å². The van der Waals surface area contributed by atoms with Crippen LogP contribution in [-0.2, 0) is 9.53 Å². The predicted molar refractivity (Wildman–Crippen MR) is 143 cm³/mol. The molecule has 1 amide bonds. The maximum atomic E-state index is 11.8. The van der Waals surface area contributed by atoms with Crippen LogP contribution in [0.25, 0.3) is 0 Å². The van der Waals surface area contributed by atoms with E-state index in [-0.39, 0.29) is 12.0 Å². The van der Waals surface area contributed by atoms with E-state index in [1.807, 2.05) is 4.90 Å². The average Bonchev–Trinajstić information content (AvgIpc) is 3.08. The van der Waals surface area contributed by atoms with Gasteiger partial charge in [0.05, 0.1) is 24.5 Å². The number of piperidine rings is 1. The number of hydrogen-bond donors (Lipinski definition) is 1. The molecule has 37 heavy (non-hydrogen) atoms. The topological polar surface area (TPSA) is 83.1 Å². The molecule has 1 aromatic carbocycles. The van der Waals surface area contributed by atoms with Crippen LogP contribution in [0.15, 0.2) is 37.2 Å². The summed E-state index contributed by atoms with van der Waals surface area (Å²) in [6, 6.07) is 7.08. The standard InChI is InChI=1S/C28H36N6O3/c1-3-23-26-27(29-18-30-28(26)33-11-13-36-14-12-33)31-22-15-20(5-6-24(22)37-23)19-7-9-32(10-8-19)21-16-34(17-21)25(35)4-2/h4-6,15,18-19,21,23H,2-3,7-14,16-17H2,1H3,(H,29,30,31). The molecule has 9 heteroatoms. The van der Waals surface area contributed by atoms with E-state index in [0.29, 0.717) is 25.2 Å². The normalized spacial score (nSPS) is 22.7. The number of likely N-dealkylation sites (tertiary alicyclic amines) is 2. The van der Waals surface area contributed by atoms with E-state index in [1.165, 1.54) is 11.6 Å². The van der Waals surface area contributed by atoms with Gasteiger partial charge in [0, 0.05) is 32.2 Å². The minimum Gasteiger partial charge on any atom is -0.483 e. The quantitative estimate of drug-likeness (QED) is 0.620. The van der Waals surface area contributed by atoms with Gasteiger partial charge in [0.2, 0.25) is 5.91 Å². The number of carbonyl (C=O) groups is 1. The second-order valence-electron chi connectivity index (χ2n) is 10.4. The number of benzene rings is 1. The van der Waals surface area contributed by atoms with Crippen molar-refractivity contribution in [2.75, 3.05) is 62.7 Å². The molecule has 4 aliphatic rings. The summed E-state index contributed by atoms with van der Waals surface area (Å²) in [5.41, 5.74) is 3.34. The third kappa shape index (κ3) is 4.66. The van der Waals surface area contributed by atoms with Gasteiger partial charge in [0.25, 0.3) is 0 Å². The zero-order chi connectivity index (χ0) is 25.4. The number of hydrogen-bond acceptors (Lipinski definition) is 8. The van der Waals surface area contributed by atoms with Crippen molar-refractivity contribution >= 4 is 23.2 Å². The molecule has 0 radical (unpaired) electrons. The maximum absolute atomic E-state index is 11.8. The van der Waals surface area contributed by atoms with Crippen molar-refractivity contribution in [1.82, 2.24) is 19.8 Å². The Bertz CT molecular complexity index is 1150. The van der Waals surface area contributed by atoms with E-state index >= 15 is 0 Å². The van der Waals surface area contributed by atoms with E-state index in [0.717, 1.165) is 87.2 Å². The van der Waals surface area contributed by atoms with Gasteiger partial charge in [-0.15, -0.1) is 0 Å². The molecule has 5 heterocycles. The Balaban J connectivity index is 1.17. The number of amides is 1. The van der Waals surface area contributed by atoms with E-state index in [2.05, 4.69) is 56.8 Å². The summed E-state index contributed by atoms with van der Waals surface area (Å²) in [5.74, 6) is 3.18. The van der Waals surface area contributed by atoms with Crippen LogP contribution >= 0.6 is 0 Å². The van der Waals surface area contributed by atoms with Gasteiger partial charge >= 0.3 is 0 Å². The van der Waals surface area contributed by atoms with Gasteiger partial charge in [-0.2, -0.15) is 0 Å². The van der Waals surface area contributed by atoms with Crippen molar-refractivity contribution in [1.29, 1.82) is 0 Å². The first-order valence-corrected chi connectivity index (χ1v) is 13.5. The van der Waals surface area contributed by atoms with Crippen LogP contribution in [0, 0.1) is 0 Å². The lowest BCUT2D eigenvalue weighted by molar-refractivity contribution is -0.133. The monoisotopic (exact) mass is 504 g/mol. The third-order valence-corrected chi connectivity index (χ3v) is 8.26. The summed E-state index contributed by atoms with van der Waals surface area (Å²) < 4.78 is 12.1. The number of aromatic nitrogens is 2. The van der Waals surface area contributed by atoms with Crippen molar-refractivity contribution in [3.8, 4) is 5.75 Å². The molecule has 196 valence electrons. The fraction of sp³-hybridized carbons (Fsp3) is 0.536. The molecule has 1 aromatic heterocycles. The first-order valence-electron chi connectivity index (χ1n) is 13.5. The number of nitrogens with one attached hydrogen (secondary N) is 1. The number of rotatable bonds is 5. The first-order chi connectivity index (χ1) is 18.1. The maximum Gasteiger partial charge on any atom is 0.246 e. The second kappa shape index (κ2) is 10.3. The molecule has 0 aliphatic carbocycles. The number of morpholine rings is 1. The molecule has 2 aromatic rings. The Labute approximate surface area is 218 Å². The van der Waals surface area contributed by atoms with Crippen molar-refractivity contribution in [3.63, 3.8) is 0 Å². The molecule has 0 bridgehead atoms. The SMILES string of the molecule is C=CC(=O)N1CC(N2CCC(c3ccc4c(c3)Nc3ncnc(N5CCOCC5)c3C(CC)O4)CC2)C1. The van der Waals surface area contributed by atoms with Crippen LogP contribution in [0.4, 0.5) is 17.3 Å². The number of fused-ring (bicyclic) bond motifs is 2. The van der Waals surface area contributed by atoms with Gasteiger partial charge in [-0.1, -0.05) is 19.6 Å². The molecule has 1 N–H and O–H groups in total. The van der Waals surface area contributed by atoms with Gasteiger partial charge in [0.1, 0.15) is 29.8 Å². The molecule has 3 fully saturated rings. The summed E-state index contributed by atoms with van der Waals surface area (Å²) in [5, 5.41) is 3.60. The highest BCUT2D eigenvalue weighted by atomic mass is 16.5. The third-order valence-electron chi connectivity index (χ3n) is 8.26. The van der Waals surface area contributed by atoms with Crippen molar-refractivity contribution in [3.05, 3.63) is 48.3 Å². The number of nitrogens with zero attached hydrogens (tertiary/aromatic N) is 5. The van der Waals surface area contributed by atoms with Crippen LogP contribution < -0.4 is 15.0 Å². The fourth-order valence-corrected chi connectivity index (χ4v) is 6.03. The molecule has 0 saturated carbocycles. The van der Waals surface area contributed by atoms with Crippen molar-refractivity contribution in [2.24, 2.45) is 0 Å². The Morgan fingerprint density at radius 3 is 2.68 bits per heavy atom. The molecule has 4 aliphatic heterocycles. The van der Waals surface area contributed by atoms with Gasteiger partial charge in [-0.05, 0) is 62.0 Å². The zero-order valence-corrected chi connectivity index (χ0v) is 21.6. The minimum atomic E-state index is -0.119. The Morgan fingerprint density at radius 2 is 1.95 bits per heavy atom. The Hall–Kier alpha value is -3.17. The number of ether oxygens (including phenoxy) is 2. The van der Waals surface area contributed by atoms with Crippen LogP contribution in [0.2, 0.25) is 0 Å². The van der Waals surface area contributed by atoms with Gasteiger partial charge < -0.3 is 24.6 Å². The van der Waals surface area contributed by atoms with Crippen LogP contribution in [0.3, 0.4) is 0 Å². The summed E-state index contributed by atoms with van der Waals surface area (Å²) in [7, 11) is 0. The van der Waals surface area contributed by atoms with Crippen LogP contribution in [0.5, 0.6) is 5.75 Å². The van der Waals surface area contributed by atoms with E-state index in [1.54, 1.807) is 6.33 Å². The predicted octanol–water partition coefficient (Wildman–Crippen LogP) is 3.48. The van der Waals surface area contributed by atoms with Gasteiger partial charge in [0.15, 0.2) is 0 Å². The molecule has 9 nitrogen and oxygen atoms in total. The lowest BCUT2D eigenvalue weighted by Gasteiger charge is -2.47. The molecular weight excluding hydrogens is 468 g/mol. The molecule has 1 unspecified atom stereocenters. The van der Waals surface area contributed by atoms with Gasteiger partial charge in [-0.3, -0.25) is 9.69 Å². The second-order valence-corrected chi connectivity index (χ2v) is 10.4. The zero-order valence-electron chi connectivity index (χ0n) is 21.6. The summed E-state index contributed by atoms with van der Waals surface area (Å²) in [6.45, 7) is 12.6. The summed E-state index contributed by atoms with van der Waals surface area (Å²) in [6.07, 6.45) is 6.00. The van der Waals surface area contributed by atoms with Crippen molar-refractivity contribution in [2.45, 2.75) is 44.2 Å². The van der Waals surface area contributed by atoms with Crippen LogP contribution in [0.1, 0.15) is 49.3 Å². The molecular formula is C28H36N6O3. The van der Waals surface area contributed by atoms with E-state index in [9.17, 15) is 4.79 Å². The molecule has 3 saturated heterocycles. The first kappa shape index (κ1) is 24.2. The Morgan fingerprint density at radius 1 is 1.16 bits per heavy atom. The van der Waals surface area contributed by atoms with E-state index in [4.69, 9.17) is 9.47 Å². The number of carbonyl (C=O) groups excluding carboxylic acids is 1. The highest BCUT2D eigenvalue weighted by molar-refractivity contribution is 5.87. The average molecular weight is 505 g/mol.